The maximum Gasteiger partial charge on any atom is 0.103 e. The van der Waals surface area contributed by atoms with Gasteiger partial charge in [0.2, 0.25) is 0 Å². The summed E-state index contributed by atoms with van der Waals surface area (Å²) in [6.07, 6.45) is 3.38. The number of benzene rings is 1. The maximum absolute atomic E-state index is 9.05. The van der Waals surface area contributed by atoms with Crippen LogP contribution in [0.15, 0.2) is 24.3 Å². The van der Waals surface area contributed by atoms with E-state index >= 15 is 0 Å². The van der Waals surface area contributed by atoms with E-state index in [9.17, 15) is 0 Å². The summed E-state index contributed by atoms with van der Waals surface area (Å²) < 4.78 is 0. The van der Waals surface area contributed by atoms with Gasteiger partial charge in [0.25, 0.3) is 0 Å². The first-order chi connectivity index (χ1) is 9.19. The SMILES string of the molecule is NC(=S)c1cccc(CN2CCCC(CCO)C2)c1. The van der Waals surface area contributed by atoms with Crippen molar-refractivity contribution in [2.45, 2.75) is 25.8 Å². The van der Waals surface area contributed by atoms with Gasteiger partial charge in [-0.3, -0.25) is 4.90 Å². The van der Waals surface area contributed by atoms with Crippen LogP contribution in [0, 0.1) is 5.92 Å². The van der Waals surface area contributed by atoms with Crippen LogP contribution in [0.5, 0.6) is 0 Å². The molecule has 1 aliphatic rings. The molecule has 1 fully saturated rings. The average Bonchev–Trinajstić information content (AvgIpc) is 2.40. The standard InChI is InChI=1S/C15H22N2OS/c16-15(19)14-5-1-3-13(9-14)11-17-7-2-4-12(10-17)6-8-18/h1,3,5,9,12,18H,2,4,6-8,10-11H2,(H2,16,19). The molecule has 0 spiro atoms. The Bertz CT molecular complexity index is 434. The zero-order valence-corrected chi connectivity index (χ0v) is 12.0. The zero-order chi connectivity index (χ0) is 13.7. The number of nitrogens with two attached hydrogens (primary N) is 1. The van der Waals surface area contributed by atoms with Crippen LogP contribution in [0.3, 0.4) is 0 Å². The van der Waals surface area contributed by atoms with Crippen molar-refractivity contribution in [3.63, 3.8) is 0 Å². The predicted octanol–water partition coefficient (Wildman–Crippen LogP) is 1.92. The molecule has 1 unspecified atom stereocenters. The van der Waals surface area contributed by atoms with Gasteiger partial charge in [0.15, 0.2) is 0 Å². The first-order valence-electron chi connectivity index (χ1n) is 6.91. The molecule has 19 heavy (non-hydrogen) atoms. The molecule has 0 bridgehead atoms. The molecule has 0 aliphatic carbocycles. The quantitative estimate of drug-likeness (QED) is 0.808. The molecular weight excluding hydrogens is 256 g/mol. The molecule has 0 amide bonds. The van der Waals surface area contributed by atoms with Crippen LogP contribution in [0.2, 0.25) is 0 Å². The summed E-state index contributed by atoms with van der Waals surface area (Å²) in [5.41, 5.74) is 7.87. The Morgan fingerprint density at radius 3 is 3.05 bits per heavy atom. The van der Waals surface area contributed by atoms with Crippen LogP contribution < -0.4 is 5.73 Å². The van der Waals surface area contributed by atoms with Gasteiger partial charge >= 0.3 is 0 Å². The molecule has 0 radical (unpaired) electrons. The number of likely N-dealkylation sites (tertiary alicyclic amines) is 1. The highest BCUT2D eigenvalue weighted by Crippen LogP contribution is 2.21. The van der Waals surface area contributed by atoms with Gasteiger partial charge in [0, 0.05) is 25.3 Å². The highest BCUT2D eigenvalue weighted by atomic mass is 32.1. The summed E-state index contributed by atoms with van der Waals surface area (Å²) in [5.74, 6) is 0.637. The van der Waals surface area contributed by atoms with Crippen molar-refractivity contribution in [2.24, 2.45) is 11.7 Å². The second kappa shape index (κ2) is 6.98. The van der Waals surface area contributed by atoms with E-state index < -0.39 is 0 Å². The fraction of sp³-hybridized carbons (Fsp3) is 0.533. The van der Waals surface area contributed by atoms with Gasteiger partial charge in [-0.25, -0.2) is 0 Å². The Labute approximate surface area is 120 Å². The van der Waals surface area contributed by atoms with E-state index in [1.807, 2.05) is 12.1 Å². The Morgan fingerprint density at radius 1 is 1.47 bits per heavy atom. The minimum absolute atomic E-state index is 0.301. The molecule has 4 heteroatoms. The molecule has 1 heterocycles. The lowest BCUT2D eigenvalue weighted by atomic mass is 9.95. The molecule has 1 aromatic carbocycles. The predicted molar refractivity (Wildman–Crippen MR) is 82.0 cm³/mol. The summed E-state index contributed by atoms with van der Waals surface area (Å²) in [5, 5.41) is 9.05. The van der Waals surface area contributed by atoms with Crippen molar-refractivity contribution in [1.29, 1.82) is 0 Å². The first-order valence-corrected chi connectivity index (χ1v) is 7.32. The third-order valence-electron chi connectivity index (χ3n) is 3.76. The van der Waals surface area contributed by atoms with Crippen molar-refractivity contribution in [3.05, 3.63) is 35.4 Å². The van der Waals surface area contributed by atoms with Gasteiger partial charge in [-0.15, -0.1) is 0 Å². The Hall–Kier alpha value is -0.970. The van der Waals surface area contributed by atoms with Gasteiger partial charge in [-0.1, -0.05) is 30.4 Å². The lowest BCUT2D eigenvalue weighted by Crippen LogP contribution is -2.35. The second-order valence-electron chi connectivity index (χ2n) is 5.32. The lowest BCUT2D eigenvalue weighted by Gasteiger charge is -2.32. The van der Waals surface area contributed by atoms with Crippen LogP contribution in [0.4, 0.5) is 0 Å². The highest BCUT2D eigenvalue weighted by Gasteiger charge is 2.19. The fourth-order valence-corrected chi connectivity index (χ4v) is 2.92. The number of aliphatic hydroxyl groups is 1. The van der Waals surface area contributed by atoms with Crippen LogP contribution >= 0.6 is 12.2 Å². The molecule has 2 rings (SSSR count). The van der Waals surface area contributed by atoms with Crippen molar-refractivity contribution in [2.75, 3.05) is 19.7 Å². The highest BCUT2D eigenvalue weighted by molar-refractivity contribution is 7.80. The van der Waals surface area contributed by atoms with E-state index in [2.05, 4.69) is 17.0 Å². The minimum Gasteiger partial charge on any atom is -0.396 e. The largest absolute Gasteiger partial charge is 0.396 e. The smallest absolute Gasteiger partial charge is 0.103 e. The van der Waals surface area contributed by atoms with Gasteiger partial charge in [0.05, 0.1) is 0 Å². The fourth-order valence-electron chi connectivity index (χ4n) is 2.79. The van der Waals surface area contributed by atoms with Gasteiger partial charge in [0.1, 0.15) is 4.99 Å². The topological polar surface area (TPSA) is 49.5 Å². The molecule has 3 nitrogen and oxygen atoms in total. The first kappa shape index (κ1) is 14.4. The van der Waals surface area contributed by atoms with Gasteiger partial charge < -0.3 is 10.8 Å². The van der Waals surface area contributed by atoms with E-state index in [-0.39, 0.29) is 0 Å². The molecule has 1 saturated heterocycles. The average molecular weight is 278 g/mol. The summed E-state index contributed by atoms with van der Waals surface area (Å²) in [7, 11) is 0. The van der Waals surface area contributed by atoms with Crippen molar-refractivity contribution in [3.8, 4) is 0 Å². The van der Waals surface area contributed by atoms with E-state index in [0.717, 1.165) is 31.6 Å². The molecule has 0 aromatic heterocycles. The minimum atomic E-state index is 0.301. The van der Waals surface area contributed by atoms with Crippen LogP contribution in [0.25, 0.3) is 0 Å². The second-order valence-corrected chi connectivity index (χ2v) is 5.76. The van der Waals surface area contributed by atoms with Crippen molar-refractivity contribution >= 4 is 17.2 Å². The van der Waals surface area contributed by atoms with E-state index in [1.165, 1.54) is 18.4 Å². The van der Waals surface area contributed by atoms with Crippen molar-refractivity contribution < 1.29 is 5.11 Å². The number of nitrogens with zero attached hydrogens (tertiary/aromatic N) is 1. The molecule has 1 atom stereocenters. The molecular formula is C15H22N2OS. The molecule has 1 aromatic rings. The number of hydrogen-bond acceptors (Lipinski definition) is 3. The molecule has 104 valence electrons. The Kier molecular flexibility index (Phi) is 5.31. The maximum atomic E-state index is 9.05. The number of piperidine rings is 1. The monoisotopic (exact) mass is 278 g/mol. The lowest BCUT2D eigenvalue weighted by molar-refractivity contribution is 0.142. The summed E-state index contributed by atoms with van der Waals surface area (Å²) in [6.45, 7) is 3.46. The van der Waals surface area contributed by atoms with E-state index in [1.54, 1.807) is 0 Å². The number of rotatable bonds is 5. The number of hydrogen-bond donors (Lipinski definition) is 2. The van der Waals surface area contributed by atoms with Crippen LogP contribution in [0.1, 0.15) is 30.4 Å². The Morgan fingerprint density at radius 2 is 2.32 bits per heavy atom. The van der Waals surface area contributed by atoms with E-state index in [0.29, 0.717) is 17.5 Å². The third kappa shape index (κ3) is 4.27. The van der Waals surface area contributed by atoms with Crippen molar-refractivity contribution in [1.82, 2.24) is 4.90 Å². The summed E-state index contributed by atoms with van der Waals surface area (Å²) in [6, 6.07) is 8.17. The van der Waals surface area contributed by atoms with Gasteiger partial charge in [-0.05, 0) is 43.4 Å². The summed E-state index contributed by atoms with van der Waals surface area (Å²) in [4.78, 5) is 2.92. The Balaban J connectivity index is 1.96. The molecule has 3 N–H and O–H groups in total. The molecule has 1 aliphatic heterocycles. The van der Waals surface area contributed by atoms with Crippen LogP contribution in [-0.4, -0.2) is 34.7 Å². The molecule has 0 saturated carbocycles. The van der Waals surface area contributed by atoms with E-state index in [4.69, 9.17) is 23.1 Å². The zero-order valence-electron chi connectivity index (χ0n) is 11.2. The third-order valence-corrected chi connectivity index (χ3v) is 3.99. The van der Waals surface area contributed by atoms with Gasteiger partial charge in [-0.2, -0.15) is 0 Å². The number of thiocarbonyl (C=S) groups is 1. The number of aliphatic hydroxyl groups excluding tert-OH is 1. The van der Waals surface area contributed by atoms with Crippen LogP contribution in [-0.2, 0) is 6.54 Å². The summed E-state index contributed by atoms with van der Waals surface area (Å²) >= 11 is 5.02. The normalized spacial score (nSPS) is 20.4.